The zero-order chi connectivity index (χ0) is 16.7. The van der Waals surface area contributed by atoms with E-state index in [0.29, 0.717) is 31.3 Å². The number of carbonyl (C=O) groups is 1. The van der Waals surface area contributed by atoms with E-state index in [-0.39, 0.29) is 5.91 Å². The van der Waals surface area contributed by atoms with Gasteiger partial charge in [-0.2, -0.15) is 0 Å². The van der Waals surface area contributed by atoms with Gasteiger partial charge in [0.15, 0.2) is 0 Å². The second kappa shape index (κ2) is 9.03. The van der Waals surface area contributed by atoms with E-state index in [4.69, 9.17) is 16.3 Å². The lowest BCUT2D eigenvalue weighted by molar-refractivity contribution is -0.126. The van der Waals surface area contributed by atoms with Crippen LogP contribution < -0.4 is 0 Å². The number of rotatable bonds is 6. The molecule has 1 heterocycles. The molecule has 1 unspecified atom stereocenters. The number of morpholine rings is 1. The molecule has 1 aliphatic heterocycles. The number of benzene rings is 1. The lowest BCUT2D eigenvalue weighted by Crippen LogP contribution is -2.44. The summed E-state index contributed by atoms with van der Waals surface area (Å²) in [7, 11) is 1.69. The molecule has 1 fully saturated rings. The van der Waals surface area contributed by atoms with Crippen LogP contribution in [0.2, 0.25) is 5.02 Å². The third-order valence-electron chi connectivity index (χ3n) is 3.72. The summed E-state index contributed by atoms with van der Waals surface area (Å²) in [5, 5.41) is 10.8. The highest BCUT2D eigenvalue weighted by atomic mass is 35.5. The Labute approximate surface area is 142 Å². The van der Waals surface area contributed by atoms with Crippen molar-refractivity contribution in [2.24, 2.45) is 0 Å². The molecule has 1 atom stereocenters. The highest BCUT2D eigenvalue weighted by Gasteiger charge is 2.17. The second-order valence-electron chi connectivity index (χ2n) is 5.67. The van der Waals surface area contributed by atoms with Crippen LogP contribution in [0.3, 0.4) is 0 Å². The predicted molar refractivity (Wildman–Crippen MR) is 91.4 cm³/mol. The number of likely N-dealkylation sites (N-methyl/N-ethyl adjacent to an activating group) is 1. The summed E-state index contributed by atoms with van der Waals surface area (Å²) in [5.41, 5.74) is 0.907. The molecule has 126 valence electrons. The van der Waals surface area contributed by atoms with Crippen molar-refractivity contribution in [1.29, 1.82) is 0 Å². The zero-order valence-electron chi connectivity index (χ0n) is 13.3. The van der Waals surface area contributed by atoms with Crippen LogP contribution >= 0.6 is 11.6 Å². The van der Waals surface area contributed by atoms with Gasteiger partial charge in [-0.25, -0.2) is 0 Å². The van der Waals surface area contributed by atoms with Crippen LogP contribution in [0.25, 0.3) is 6.08 Å². The first-order valence-corrected chi connectivity index (χ1v) is 8.09. The highest BCUT2D eigenvalue weighted by molar-refractivity contribution is 6.30. The molecule has 1 N–H and O–H groups in total. The van der Waals surface area contributed by atoms with E-state index >= 15 is 0 Å². The molecule has 1 saturated heterocycles. The summed E-state index contributed by atoms with van der Waals surface area (Å²) in [6, 6.07) is 7.25. The van der Waals surface area contributed by atoms with Crippen molar-refractivity contribution < 1.29 is 14.6 Å². The fourth-order valence-electron chi connectivity index (χ4n) is 2.41. The van der Waals surface area contributed by atoms with E-state index in [1.54, 1.807) is 25.3 Å². The minimum absolute atomic E-state index is 0.138. The van der Waals surface area contributed by atoms with Crippen molar-refractivity contribution in [1.82, 2.24) is 9.80 Å². The molecule has 23 heavy (non-hydrogen) atoms. The molecule has 0 spiro atoms. The number of hydrogen-bond acceptors (Lipinski definition) is 4. The van der Waals surface area contributed by atoms with E-state index in [0.717, 1.165) is 18.7 Å². The number of carbonyl (C=O) groups excluding carboxylic acids is 1. The SMILES string of the molecule is CN(CC(O)CN1CCOCC1)C(=O)C=Cc1ccc(Cl)cc1. The number of aliphatic hydroxyl groups excluding tert-OH is 1. The quantitative estimate of drug-likeness (QED) is 0.799. The predicted octanol–water partition coefficient (Wildman–Crippen LogP) is 1.50. The number of halogens is 1. The minimum Gasteiger partial charge on any atom is -0.390 e. The van der Waals surface area contributed by atoms with E-state index < -0.39 is 6.10 Å². The fourth-order valence-corrected chi connectivity index (χ4v) is 2.54. The molecule has 0 bridgehead atoms. The average molecular weight is 339 g/mol. The molecule has 0 aliphatic carbocycles. The molecule has 5 nitrogen and oxygen atoms in total. The second-order valence-corrected chi connectivity index (χ2v) is 6.11. The Morgan fingerprint density at radius 1 is 1.39 bits per heavy atom. The van der Waals surface area contributed by atoms with Gasteiger partial charge >= 0.3 is 0 Å². The lowest BCUT2D eigenvalue weighted by atomic mass is 10.2. The molecule has 1 aromatic rings. The van der Waals surface area contributed by atoms with Gasteiger partial charge in [0.25, 0.3) is 0 Å². The largest absolute Gasteiger partial charge is 0.390 e. The van der Waals surface area contributed by atoms with Gasteiger partial charge in [0.05, 0.1) is 19.3 Å². The summed E-state index contributed by atoms with van der Waals surface area (Å²) < 4.78 is 5.28. The summed E-state index contributed by atoms with van der Waals surface area (Å²) in [6.07, 6.45) is 2.68. The van der Waals surface area contributed by atoms with Crippen molar-refractivity contribution >= 4 is 23.6 Å². The molecule has 0 radical (unpaired) electrons. The van der Waals surface area contributed by atoms with Gasteiger partial charge in [-0.15, -0.1) is 0 Å². The molecular formula is C17H23ClN2O3. The van der Waals surface area contributed by atoms with Gasteiger partial charge in [-0.05, 0) is 23.8 Å². The smallest absolute Gasteiger partial charge is 0.246 e. The average Bonchev–Trinajstić information content (AvgIpc) is 2.54. The van der Waals surface area contributed by atoms with Gasteiger partial charge in [0, 0.05) is 44.3 Å². The van der Waals surface area contributed by atoms with Gasteiger partial charge < -0.3 is 14.7 Å². The van der Waals surface area contributed by atoms with Crippen LogP contribution in [-0.4, -0.2) is 73.4 Å². The van der Waals surface area contributed by atoms with Gasteiger partial charge in [-0.3, -0.25) is 9.69 Å². The summed E-state index contributed by atoms with van der Waals surface area (Å²) in [6.45, 7) is 3.91. The topological polar surface area (TPSA) is 53.0 Å². The molecule has 0 saturated carbocycles. The Hall–Kier alpha value is -1.40. The van der Waals surface area contributed by atoms with E-state index in [1.807, 2.05) is 12.1 Å². The number of nitrogens with zero attached hydrogens (tertiary/aromatic N) is 2. The maximum atomic E-state index is 12.1. The van der Waals surface area contributed by atoms with E-state index in [1.165, 1.54) is 11.0 Å². The van der Waals surface area contributed by atoms with Crippen molar-refractivity contribution in [2.45, 2.75) is 6.10 Å². The Morgan fingerprint density at radius 3 is 2.70 bits per heavy atom. The number of aliphatic hydroxyl groups is 1. The molecule has 6 heteroatoms. The summed E-state index contributed by atoms with van der Waals surface area (Å²) >= 11 is 5.82. The molecule has 0 aromatic heterocycles. The third kappa shape index (κ3) is 6.31. The first-order chi connectivity index (χ1) is 11.0. The molecule has 1 amide bonds. The number of β-amino-alcohol motifs (C(OH)–C–C–N with tert-alkyl or cyclic N) is 1. The molecule has 1 aliphatic rings. The van der Waals surface area contributed by atoms with Gasteiger partial charge in [0.1, 0.15) is 0 Å². The minimum atomic E-state index is -0.564. The summed E-state index contributed by atoms with van der Waals surface area (Å²) in [4.78, 5) is 15.8. The van der Waals surface area contributed by atoms with Crippen LogP contribution in [-0.2, 0) is 9.53 Å². The highest BCUT2D eigenvalue weighted by Crippen LogP contribution is 2.10. The number of amides is 1. The lowest BCUT2D eigenvalue weighted by Gasteiger charge is -2.29. The third-order valence-corrected chi connectivity index (χ3v) is 3.97. The first-order valence-electron chi connectivity index (χ1n) is 7.71. The monoisotopic (exact) mass is 338 g/mol. The number of hydrogen-bond donors (Lipinski definition) is 1. The van der Waals surface area contributed by atoms with Crippen LogP contribution in [0.15, 0.2) is 30.3 Å². The van der Waals surface area contributed by atoms with E-state index in [2.05, 4.69) is 4.90 Å². The molecular weight excluding hydrogens is 316 g/mol. The van der Waals surface area contributed by atoms with Gasteiger partial charge in [-0.1, -0.05) is 23.7 Å². The summed E-state index contributed by atoms with van der Waals surface area (Å²) in [5.74, 6) is -0.138. The first kappa shape index (κ1) is 17.9. The van der Waals surface area contributed by atoms with E-state index in [9.17, 15) is 9.90 Å². The molecule has 1 aromatic carbocycles. The Bertz CT molecular complexity index is 527. The van der Waals surface area contributed by atoms with Crippen LogP contribution in [0.4, 0.5) is 0 Å². The zero-order valence-corrected chi connectivity index (χ0v) is 14.1. The van der Waals surface area contributed by atoms with Crippen LogP contribution in [0, 0.1) is 0 Å². The van der Waals surface area contributed by atoms with Gasteiger partial charge in [0.2, 0.25) is 5.91 Å². The number of ether oxygens (including phenoxy) is 1. The maximum Gasteiger partial charge on any atom is 0.246 e. The fraction of sp³-hybridized carbons (Fsp3) is 0.471. The molecule has 2 rings (SSSR count). The van der Waals surface area contributed by atoms with Crippen molar-refractivity contribution in [2.75, 3.05) is 46.4 Å². The Balaban J connectivity index is 1.78. The maximum absolute atomic E-state index is 12.1. The van der Waals surface area contributed by atoms with Crippen LogP contribution in [0.1, 0.15) is 5.56 Å². The van der Waals surface area contributed by atoms with Crippen molar-refractivity contribution in [3.63, 3.8) is 0 Å². The van der Waals surface area contributed by atoms with Crippen molar-refractivity contribution in [3.8, 4) is 0 Å². The standard InChI is InChI=1S/C17H23ClN2O3/c1-19(12-16(21)13-20-8-10-23-11-9-20)17(22)7-4-14-2-5-15(18)6-3-14/h2-7,16,21H,8-13H2,1H3. The Morgan fingerprint density at radius 2 is 2.04 bits per heavy atom. The Kier molecular flexibility index (Phi) is 7.05. The normalized spacial score (nSPS) is 17.3. The van der Waals surface area contributed by atoms with Crippen LogP contribution in [0.5, 0.6) is 0 Å². The van der Waals surface area contributed by atoms with Crippen molar-refractivity contribution in [3.05, 3.63) is 40.9 Å².